The van der Waals surface area contributed by atoms with Crippen molar-refractivity contribution in [1.82, 2.24) is 10.2 Å². The van der Waals surface area contributed by atoms with Gasteiger partial charge in [0.1, 0.15) is 6.04 Å². The summed E-state index contributed by atoms with van der Waals surface area (Å²) in [4.78, 5) is 48.3. The molecule has 42 heavy (non-hydrogen) atoms. The molecule has 0 radical (unpaired) electrons. The molecule has 234 valence electrons. The van der Waals surface area contributed by atoms with E-state index >= 15 is 0 Å². The Labute approximate surface area is 245 Å². The van der Waals surface area contributed by atoms with E-state index in [0.29, 0.717) is 91.2 Å². The van der Waals surface area contributed by atoms with E-state index in [9.17, 15) is 19.2 Å². The molecule has 0 saturated carbocycles. The number of carbonyl (C=O) groups excluding carboxylic acids is 3. The number of benzene rings is 1. The van der Waals surface area contributed by atoms with Crippen molar-refractivity contribution >= 4 is 23.7 Å². The van der Waals surface area contributed by atoms with E-state index in [2.05, 4.69) is 5.32 Å². The first-order valence-electron chi connectivity index (χ1n) is 14.4. The molecule has 2 aliphatic heterocycles. The van der Waals surface area contributed by atoms with Gasteiger partial charge in [-0.25, -0.2) is 0 Å². The number of carboxylic acids is 1. The molecule has 3 amide bonds. The van der Waals surface area contributed by atoms with Crippen LogP contribution in [0.25, 0.3) is 0 Å². The lowest BCUT2D eigenvalue weighted by molar-refractivity contribution is -0.139. The number of carbonyl (C=O) groups is 4. The minimum absolute atomic E-state index is 0.0100. The summed E-state index contributed by atoms with van der Waals surface area (Å²) in [5, 5.41) is 10.8. The molecule has 1 unspecified atom stereocenters. The van der Waals surface area contributed by atoms with E-state index in [1.807, 2.05) is 18.2 Å². The molecule has 3 rings (SSSR count). The van der Waals surface area contributed by atoms with E-state index in [4.69, 9.17) is 33.5 Å². The lowest BCUT2D eigenvalue weighted by Crippen LogP contribution is -2.52. The largest absolute Gasteiger partial charge is 0.481 e. The number of hydrogen-bond donors (Lipinski definition) is 2. The molecular formula is C29H42N2O11. The van der Waals surface area contributed by atoms with E-state index in [0.717, 1.165) is 24.0 Å². The van der Waals surface area contributed by atoms with Crippen LogP contribution in [0.3, 0.4) is 0 Å². The average Bonchev–Trinajstić information content (AvgIpc) is 3.28. The molecule has 2 heterocycles. The predicted molar refractivity (Wildman–Crippen MR) is 148 cm³/mol. The molecule has 2 aliphatic rings. The molecule has 2 N–H and O–H groups in total. The third kappa shape index (κ3) is 12.1. The topological polar surface area (TPSA) is 159 Å². The van der Waals surface area contributed by atoms with Gasteiger partial charge in [0.25, 0.3) is 5.91 Å². The normalized spacial score (nSPS) is 16.6. The predicted octanol–water partition coefficient (Wildman–Crippen LogP) is 0.955. The van der Waals surface area contributed by atoms with Gasteiger partial charge in [-0.05, 0) is 36.5 Å². The Morgan fingerprint density at radius 3 is 1.90 bits per heavy atom. The summed E-state index contributed by atoms with van der Waals surface area (Å²) in [5.74, 6) is -1.74. The lowest BCUT2D eigenvalue weighted by Gasteiger charge is -2.29. The first-order chi connectivity index (χ1) is 20.5. The van der Waals surface area contributed by atoms with Gasteiger partial charge >= 0.3 is 5.97 Å². The van der Waals surface area contributed by atoms with Gasteiger partial charge in [-0.2, -0.15) is 0 Å². The number of aryl methyl sites for hydroxylation is 1. The zero-order valence-corrected chi connectivity index (χ0v) is 24.0. The number of fused-ring (bicyclic) bond motifs is 1. The fourth-order valence-electron chi connectivity index (χ4n) is 4.52. The van der Waals surface area contributed by atoms with Crippen LogP contribution in [0.4, 0.5) is 0 Å². The maximum Gasteiger partial charge on any atom is 0.305 e. The lowest BCUT2D eigenvalue weighted by atomic mass is 10.0. The summed E-state index contributed by atoms with van der Waals surface area (Å²) in [6.45, 7) is 5.62. The smallest absolute Gasteiger partial charge is 0.305 e. The van der Waals surface area contributed by atoms with Crippen LogP contribution in [-0.2, 0) is 55.8 Å². The van der Waals surface area contributed by atoms with E-state index in [1.165, 1.54) is 0 Å². The quantitative estimate of drug-likeness (QED) is 0.137. The SMILES string of the molecule is O=C(O)CCOCCOCCOCCOCCOCCOCCCc1ccc2c(c1)CN(C1CCC(=O)NC1=O)C2=O. The molecule has 0 aromatic heterocycles. The summed E-state index contributed by atoms with van der Waals surface area (Å²) in [6.07, 6.45) is 2.23. The number of amides is 3. The number of carboxylic acid groups (broad SMARTS) is 1. The first kappa shape index (κ1) is 33.6. The Bertz CT molecular complexity index is 1020. The van der Waals surface area contributed by atoms with Crippen molar-refractivity contribution in [3.05, 3.63) is 34.9 Å². The van der Waals surface area contributed by atoms with E-state index in [-0.39, 0.29) is 31.3 Å². The number of nitrogens with zero attached hydrogens (tertiary/aromatic N) is 1. The summed E-state index contributed by atoms with van der Waals surface area (Å²) in [5.41, 5.74) is 2.64. The second-order valence-electron chi connectivity index (χ2n) is 9.81. The van der Waals surface area contributed by atoms with Crippen molar-refractivity contribution in [1.29, 1.82) is 0 Å². The highest BCUT2D eigenvalue weighted by atomic mass is 16.6. The molecule has 1 atom stereocenters. The molecule has 1 fully saturated rings. The fraction of sp³-hybridized carbons (Fsp3) is 0.655. The number of rotatable bonds is 23. The molecular weight excluding hydrogens is 552 g/mol. The molecule has 1 aromatic rings. The number of nitrogens with one attached hydrogen (secondary N) is 1. The maximum atomic E-state index is 12.8. The van der Waals surface area contributed by atoms with Crippen LogP contribution in [0.1, 0.15) is 47.2 Å². The molecule has 1 saturated heterocycles. The number of ether oxygens (including phenoxy) is 6. The van der Waals surface area contributed by atoms with Crippen LogP contribution in [0.15, 0.2) is 18.2 Å². The summed E-state index contributed by atoms with van der Waals surface area (Å²) in [7, 11) is 0. The van der Waals surface area contributed by atoms with Crippen molar-refractivity contribution in [3.8, 4) is 0 Å². The second kappa shape index (κ2) is 19.3. The van der Waals surface area contributed by atoms with E-state index in [1.54, 1.807) is 4.90 Å². The van der Waals surface area contributed by atoms with Gasteiger partial charge in [0, 0.05) is 25.1 Å². The Balaban J connectivity index is 1.10. The van der Waals surface area contributed by atoms with Gasteiger partial charge in [-0.15, -0.1) is 0 Å². The highest BCUT2D eigenvalue weighted by Gasteiger charge is 2.39. The van der Waals surface area contributed by atoms with Crippen LogP contribution in [0, 0.1) is 0 Å². The molecule has 13 heteroatoms. The van der Waals surface area contributed by atoms with Crippen molar-refractivity contribution in [3.63, 3.8) is 0 Å². The van der Waals surface area contributed by atoms with Crippen LogP contribution < -0.4 is 5.32 Å². The third-order valence-corrected chi connectivity index (χ3v) is 6.66. The Morgan fingerprint density at radius 2 is 1.36 bits per heavy atom. The van der Waals surface area contributed by atoms with Crippen LogP contribution >= 0.6 is 0 Å². The minimum Gasteiger partial charge on any atom is -0.481 e. The van der Waals surface area contributed by atoms with Gasteiger partial charge in [0.05, 0.1) is 79.1 Å². The molecule has 1 aromatic carbocycles. The monoisotopic (exact) mass is 594 g/mol. The Hall–Kier alpha value is -2.94. The standard InChI is InChI=1S/C29H42N2O11/c32-26-6-5-25(28(35)30-26)31-21-23-20-22(3-4-24(23)29(31)36)2-1-8-37-10-12-39-14-16-41-18-19-42-17-15-40-13-11-38-9-7-27(33)34/h3-4,20,25H,1-2,5-19,21H2,(H,33,34)(H,30,32,35). The van der Waals surface area contributed by atoms with Gasteiger partial charge in [0.15, 0.2) is 0 Å². The number of piperidine rings is 1. The van der Waals surface area contributed by atoms with Crippen molar-refractivity contribution < 1.29 is 52.7 Å². The zero-order chi connectivity index (χ0) is 30.0. The first-order valence-corrected chi connectivity index (χ1v) is 14.4. The summed E-state index contributed by atoms with van der Waals surface area (Å²) >= 11 is 0. The summed E-state index contributed by atoms with van der Waals surface area (Å²) in [6, 6.07) is 5.18. The van der Waals surface area contributed by atoms with Crippen molar-refractivity contribution in [2.24, 2.45) is 0 Å². The average molecular weight is 595 g/mol. The highest BCUT2D eigenvalue weighted by molar-refractivity contribution is 6.05. The van der Waals surface area contributed by atoms with Gasteiger partial charge in [-0.3, -0.25) is 24.5 Å². The fourth-order valence-corrected chi connectivity index (χ4v) is 4.52. The third-order valence-electron chi connectivity index (χ3n) is 6.66. The van der Waals surface area contributed by atoms with E-state index < -0.39 is 17.9 Å². The zero-order valence-electron chi connectivity index (χ0n) is 24.0. The number of aliphatic carboxylic acids is 1. The van der Waals surface area contributed by atoms with Crippen molar-refractivity contribution in [2.45, 2.75) is 44.7 Å². The molecule has 13 nitrogen and oxygen atoms in total. The number of imide groups is 1. The van der Waals surface area contributed by atoms with Crippen molar-refractivity contribution in [2.75, 3.05) is 79.3 Å². The van der Waals surface area contributed by atoms with Crippen LogP contribution in [-0.4, -0.2) is 119 Å². The van der Waals surface area contributed by atoms with Crippen LogP contribution in [0.2, 0.25) is 0 Å². The Kier molecular flexibility index (Phi) is 15.4. The van der Waals surface area contributed by atoms with Gasteiger partial charge < -0.3 is 38.4 Å². The van der Waals surface area contributed by atoms with Gasteiger partial charge in [-0.1, -0.05) is 12.1 Å². The second-order valence-corrected chi connectivity index (χ2v) is 9.81. The van der Waals surface area contributed by atoms with Gasteiger partial charge in [0.2, 0.25) is 11.8 Å². The number of hydrogen-bond acceptors (Lipinski definition) is 10. The molecule has 0 spiro atoms. The van der Waals surface area contributed by atoms with Crippen LogP contribution in [0.5, 0.6) is 0 Å². The molecule has 0 bridgehead atoms. The maximum absolute atomic E-state index is 12.8. The summed E-state index contributed by atoms with van der Waals surface area (Å²) < 4.78 is 32.4. The highest BCUT2D eigenvalue weighted by Crippen LogP contribution is 2.28. The Morgan fingerprint density at radius 1 is 0.810 bits per heavy atom. The minimum atomic E-state index is -0.881. The molecule has 0 aliphatic carbocycles.